The first-order chi connectivity index (χ1) is 15.8. The van der Waals surface area contributed by atoms with Gasteiger partial charge < -0.3 is 15.0 Å². The summed E-state index contributed by atoms with van der Waals surface area (Å²) >= 11 is 0. The summed E-state index contributed by atoms with van der Waals surface area (Å²) < 4.78 is 19.3. The Bertz CT molecular complexity index is 925. The maximum atomic E-state index is 14.0. The molecular weight excluding hydrogens is 427 g/mol. The molecule has 1 aromatic carbocycles. The zero-order chi connectivity index (χ0) is 24.1. The summed E-state index contributed by atoms with van der Waals surface area (Å²) in [7, 11) is 0. The number of benzene rings is 1. The fraction of sp³-hybridized carbons (Fsp3) is 0.542. The molecule has 0 aromatic heterocycles. The van der Waals surface area contributed by atoms with Gasteiger partial charge in [0.15, 0.2) is 0 Å². The Morgan fingerprint density at radius 3 is 2.45 bits per heavy atom. The van der Waals surface area contributed by atoms with Gasteiger partial charge in [0.2, 0.25) is 5.91 Å². The highest BCUT2D eigenvalue weighted by molar-refractivity contribution is 5.95. The summed E-state index contributed by atoms with van der Waals surface area (Å²) in [5.41, 5.74) is 1.34. The van der Waals surface area contributed by atoms with Crippen LogP contribution < -0.4 is 5.32 Å². The van der Waals surface area contributed by atoms with Crippen molar-refractivity contribution in [2.75, 3.05) is 45.9 Å². The highest BCUT2D eigenvalue weighted by Crippen LogP contribution is 2.32. The maximum Gasteiger partial charge on any atom is 0.338 e. The number of piperazine rings is 1. The van der Waals surface area contributed by atoms with Crippen molar-refractivity contribution < 1.29 is 23.5 Å². The lowest BCUT2D eigenvalue weighted by Crippen LogP contribution is -2.54. The molecule has 1 saturated heterocycles. The molecule has 180 valence electrons. The lowest BCUT2D eigenvalue weighted by atomic mass is 9.94. The first-order valence-electron chi connectivity index (χ1n) is 11.5. The zero-order valence-electron chi connectivity index (χ0n) is 19.8. The van der Waals surface area contributed by atoms with Gasteiger partial charge in [0.25, 0.3) is 0 Å². The van der Waals surface area contributed by atoms with Crippen LogP contribution in [-0.4, -0.2) is 78.5 Å². The van der Waals surface area contributed by atoms with Crippen LogP contribution in [0, 0.1) is 11.7 Å². The molecule has 0 saturated carbocycles. The molecular formula is C24H33FN4O4. The summed E-state index contributed by atoms with van der Waals surface area (Å²) in [5.74, 6) is -0.914. The van der Waals surface area contributed by atoms with Gasteiger partial charge in [0.1, 0.15) is 5.82 Å². The van der Waals surface area contributed by atoms with Gasteiger partial charge in [-0.25, -0.2) is 14.0 Å². The molecule has 1 N–H and O–H groups in total. The molecule has 0 aliphatic carbocycles. The van der Waals surface area contributed by atoms with Crippen LogP contribution in [0.5, 0.6) is 0 Å². The molecule has 0 radical (unpaired) electrons. The Labute approximate surface area is 194 Å². The molecule has 1 fully saturated rings. The average molecular weight is 461 g/mol. The molecule has 1 aromatic rings. The van der Waals surface area contributed by atoms with E-state index < -0.39 is 17.8 Å². The van der Waals surface area contributed by atoms with E-state index in [1.165, 1.54) is 17.0 Å². The van der Waals surface area contributed by atoms with E-state index in [1.807, 2.05) is 25.7 Å². The normalized spacial score (nSPS) is 19.7. The van der Waals surface area contributed by atoms with E-state index in [9.17, 15) is 18.8 Å². The molecule has 8 nitrogen and oxygen atoms in total. The van der Waals surface area contributed by atoms with Crippen LogP contribution in [-0.2, 0) is 14.3 Å². The van der Waals surface area contributed by atoms with Crippen molar-refractivity contribution in [2.45, 2.75) is 33.7 Å². The first kappa shape index (κ1) is 24.7. The molecule has 3 amide bonds. The minimum absolute atomic E-state index is 0.0562. The SMILES string of the molecule is CCOC(=O)C1=C(CN2CCN(C(=O)C(C)C)CC2)N(CC)C(=O)N[C@H]1c1cccc(F)c1. The number of carbonyl (C=O) groups is 3. The van der Waals surface area contributed by atoms with Gasteiger partial charge in [-0.05, 0) is 31.5 Å². The predicted octanol–water partition coefficient (Wildman–Crippen LogP) is 2.53. The van der Waals surface area contributed by atoms with Crippen molar-refractivity contribution >= 4 is 17.9 Å². The highest BCUT2D eigenvalue weighted by atomic mass is 19.1. The number of rotatable bonds is 7. The number of urea groups is 1. The molecule has 33 heavy (non-hydrogen) atoms. The van der Waals surface area contributed by atoms with E-state index in [4.69, 9.17) is 4.74 Å². The summed E-state index contributed by atoms with van der Waals surface area (Å²) in [6.45, 7) is 10.7. The van der Waals surface area contributed by atoms with Crippen LogP contribution >= 0.6 is 0 Å². The molecule has 0 bridgehead atoms. The molecule has 9 heteroatoms. The Hall–Kier alpha value is -2.94. The van der Waals surface area contributed by atoms with E-state index in [0.717, 1.165) is 0 Å². The third-order valence-electron chi connectivity index (χ3n) is 5.98. The van der Waals surface area contributed by atoms with E-state index in [0.29, 0.717) is 56.1 Å². The number of hydrogen-bond acceptors (Lipinski definition) is 5. The second kappa shape index (κ2) is 10.8. The molecule has 1 atom stereocenters. The monoisotopic (exact) mass is 460 g/mol. The smallest absolute Gasteiger partial charge is 0.338 e. The number of ether oxygens (including phenoxy) is 1. The molecule has 0 spiro atoms. The number of esters is 1. The van der Waals surface area contributed by atoms with Crippen LogP contribution in [0.1, 0.15) is 39.3 Å². The quantitative estimate of drug-likeness (QED) is 0.633. The predicted molar refractivity (Wildman–Crippen MR) is 122 cm³/mol. The Morgan fingerprint density at radius 1 is 1.18 bits per heavy atom. The van der Waals surface area contributed by atoms with E-state index in [-0.39, 0.29) is 24.5 Å². The molecule has 3 rings (SSSR count). The summed E-state index contributed by atoms with van der Waals surface area (Å²) in [4.78, 5) is 43.9. The minimum atomic E-state index is -0.811. The van der Waals surface area contributed by atoms with Crippen LogP contribution in [0.15, 0.2) is 35.5 Å². The first-order valence-corrected chi connectivity index (χ1v) is 11.5. The topological polar surface area (TPSA) is 82.2 Å². The Kier molecular flexibility index (Phi) is 8.07. The van der Waals surface area contributed by atoms with Gasteiger partial charge in [0, 0.05) is 50.9 Å². The van der Waals surface area contributed by atoms with Crippen molar-refractivity contribution in [3.63, 3.8) is 0 Å². The zero-order valence-corrected chi connectivity index (χ0v) is 19.8. The summed E-state index contributed by atoms with van der Waals surface area (Å²) in [5, 5.41) is 2.84. The van der Waals surface area contributed by atoms with Crippen molar-refractivity contribution in [2.24, 2.45) is 5.92 Å². The van der Waals surface area contributed by atoms with Crippen LogP contribution in [0.25, 0.3) is 0 Å². The Morgan fingerprint density at radius 2 is 1.88 bits per heavy atom. The molecule has 2 aliphatic heterocycles. The largest absolute Gasteiger partial charge is 0.463 e. The molecule has 2 heterocycles. The third-order valence-corrected chi connectivity index (χ3v) is 5.98. The van der Waals surface area contributed by atoms with Crippen LogP contribution in [0.2, 0.25) is 0 Å². The number of amides is 3. The van der Waals surface area contributed by atoms with Crippen molar-refractivity contribution in [3.8, 4) is 0 Å². The third kappa shape index (κ3) is 5.52. The van der Waals surface area contributed by atoms with Crippen molar-refractivity contribution in [1.82, 2.24) is 20.0 Å². The number of hydrogen-bond donors (Lipinski definition) is 1. The van der Waals surface area contributed by atoms with Gasteiger partial charge >= 0.3 is 12.0 Å². The standard InChI is InChI=1S/C24H33FN4O4/c1-5-29-19(15-27-10-12-28(13-11-27)22(30)16(3)4)20(23(31)33-6-2)21(26-24(29)32)17-8-7-9-18(25)14-17/h7-9,14,16,21H,5-6,10-13,15H2,1-4H3,(H,26,32)/t21-/m0/s1. The van der Waals surface area contributed by atoms with Gasteiger partial charge in [0.05, 0.1) is 18.2 Å². The Balaban J connectivity index is 1.95. The maximum absolute atomic E-state index is 14.0. The van der Waals surface area contributed by atoms with E-state index in [2.05, 4.69) is 10.2 Å². The molecule has 2 aliphatic rings. The van der Waals surface area contributed by atoms with Gasteiger partial charge in [-0.1, -0.05) is 26.0 Å². The van der Waals surface area contributed by atoms with Crippen LogP contribution in [0.3, 0.4) is 0 Å². The van der Waals surface area contributed by atoms with Gasteiger partial charge in [-0.2, -0.15) is 0 Å². The second-order valence-electron chi connectivity index (χ2n) is 8.52. The number of carbonyl (C=O) groups excluding carboxylic acids is 3. The van der Waals surface area contributed by atoms with Gasteiger partial charge in [-0.3, -0.25) is 14.6 Å². The second-order valence-corrected chi connectivity index (χ2v) is 8.52. The lowest BCUT2D eigenvalue weighted by molar-refractivity contribution is -0.139. The number of nitrogens with zero attached hydrogens (tertiary/aromatic N) is 3. The number of halogens is 1. The van der Waals surface area contributed by atoms with E-state index in [1.54, 1.807) is 19.1 Å². The van der Waals surface area contributed by atoms with Gasteiger partial charge in [-0.15, -0.1) is 0 Å². The minimum Gasteiger partial charge on any atom is -0.463 e. The van der Waals surface area contributed by atoms with Crippen molar-refractivity contribution in [3.05, 3.63) is 46.9 Å². The number of nitrogens with one attached hydrogen (secondary N) is 1. The highest BCUT2D eigenvalue weighted by Gasteiger charge is 2.38. The fourth-order valence-electron chi connectivity index (χ4n) is 4.30. The molecule has 0 unspecified atom stereocenters. The lowest BCUT2D eigenvalue weighted by Gasteiger charge is -2.40. The summed E-state index contributed by atoms with van der Waals surface area (Å²) in [6.07, 6.45) is 0. The fourth-order valence-corrected chi connectivity index (χ4v) is 4.30. The average Bonchev–Trinajstić information content (AvgIpc) is 2.79. The van der Waals surface area contributed by atoms with Crippen molar-refractivity contribution in [1.29, 1.82) is 0 Å². The van der Waals surface area contributed by atoms with E-state index >= 15 is 0 Å². The van der Waals surface area contributed by atoms with Crippen LogP contribution in [0.4, 0.5) is 9.18 Å². The summed E-state index contributed by atoms with van der Waals surface area (Å²) in [6, 6.07) is 4.72. The number of likely N-dealkylation sites (N-methyl/N-ethyl adjacent to an activating group) is 1.